The third kappa shape index (κ3) is 5.36. The molecule has 188 valence electrons. The van der Waals surface area contributed by atoms with Gasteiger partial charge in [0.15, 0.2) is 5.16 Å². The van der Waals surface area contributed by atoms with E-state index in [0.717, 1.165) is 40.6 Å². The normalized spacial score (nSPS) is 11.8. The first-order chi connectivity index (χ1) is 17.1. The molecule has 4 aromatic rings. The molecule has 1 heterocycles. The Morgan fingerprint density at radius 3 is 2.50 bits per heavy atom. The summed E-state index contributed by atoms with van der Waals surface area (Å²) in [4.78, 5) is 12.4. The lowest BCUT2D eigenvalue weighted by atomic mass is 10.0. The number of fused-ring (bicyclic) bond motifs is 1. The van der Waals surface area contributed by atoms with Crippen molar-refractivity contribution in [1.29, 1.82) is 0 Å². The van der Waals surface area contributed by atoms with Crippen LogP contribution in [0.2, 0.25) is 5.02 Å². The Hall–Kier alpha value is -3.06. The molecule has 3 N–H and O–H groups in total. The van der Waals surface area contributed by atoms with Gasteiger partial charge in [0, 0.05) is 5.39 Å². The summed E-state index contributed by atoms with van der Waals surface area (Å²) in [5.41, 5.74) is 1.72. The largest absolute Gasteiger partial charge is 0.324 e. The monoisotopic (exact) mass is 551 g/mol. The van der Waals surface area contributed by atoms with E-state index in [4.69, 9.17) is 16.7 Å². The van der Waals surface area contributed by atoms with Crippen molar-refractivity contribution >= 4 is 55.8 Å². The SMILES string of the molecule is CCc1ccc(-n2c(SCC(=O)Nc3ccc(S(N)(=O)=O)cc3Cl)nnc2C(F)F)c2ccccc12. The number of nitrogens with zero attached hydrogens (tertiary/aromatic N) is 3. The number of carbonyl (C=O) groups is 1. The number of thioether (sulfide) groups is 1. The zero-order valence-corrected chi connectivity index (χ0v) is 21.2. The molecular formula is C23H20ClF2N5O3S2. The Balaban J connectivity index is 1.62. The van der Waals surface area contributed by atoms with Crippen LogP contribution in [0.1, 0.15) is 24.7 Å². The van der Waals surface area contributed by atoms with Crippen LogP contribution in [0, 0.1) is 0 Å². The average molecular weight is 552 g/mol. The number of aromatic nitrogens is 3. The zero-order valence-electron chi connectivity index (χ0n) is 18.8. The highest BCUT2D eigenvalue weighted by Crippen LogP contribution is 2.33. The van der Waals surface area contributed by atoms with Crippen LogP contribution in [0.4, 0.5) is 14.5 Å². The van der Waals surface area contributed by atoms with Crippen molar-refractivity contribution in [3.8, 4) is 5.69 Å². The Kier molecular flexibility index (Phi) is 7.59. The van der Waals surface area contributed by atoms with Crippen molar-refractivity contribution in [2.75, 3.05) is 11.1 Å². The molecule has 1 amide bonds. The van der Waals surface area contributed by atoms with E-state index in [0.29, 0.717) is 5.69 Å². The Bertz CT molecular complexity index is 1560. The predicted octanol–water partition coefficient (Wildman–Crippen LogP) is 4.95. The zero-order chi connectivity index (χ0) is 26.0. The molecule has 36 heavy (non-hydrogen) atoms. The fraction of sp³-hybridized carbons (Fsp3) is 0.174. The maximum absolute atomic E-state index is 13.8. The number of carbonyl (C=O) groups excluding carboxylic acids is 1. The van der Waals surface area contributed by atoms with Crippen molar-refractivity contribution in [2.24, 2.45) is 5.14 Å². The molecule has 1 aromatic heterocycles. The first kappa shape index (κ1) is 26.0. The van der Waals surface area contributed by atoms with E-state index in [-0.39, 0.29) is 26.5 Å². The van der Waals surface area contributed by atoms with Gasteiger partial charge in [-0.15, -0.1) is 10.2 Å². The van der Waals surface area contributed by atoms with Gasteiger partial charge in [-0.1, -0.05) is 60.6 Å². The van der Waals surface area contributed by atoms with Crippen LogP contribution in [0.5, 0.6) is 0 Å². The van der Waals surface area contributed by atoms with Gasteiger partial charge in [-0.25, -0.2) is 22.3 Å². The standard InChI is InChI=1S/C23H20ClF2N5O3S2/c1-2-13-7-10-19(16-6-4-3-5-15(13)16)31-22(21(25)26)29-30-23(31)35-12-20(32)28-18-9-8-14(11-17(18)24)36(27,33)34/h3-11,21H,2,12H2,1H3,(H,28,32)(H2,27,33,34). The second kappa shape index (κ2) is 10.5. The van der Waals surface area contributed by atoms with Gasteiger partial charge < -0.3 is 5.32 Å². The summed E-state index contributed by atoms with van der Waals surface area (Å²) in [7, 11) is -3.95. The highest BCUT2D eigenvalue weighted by Gasteiger charge is 2.24. The van der Waals surface area contributed by atoms with Crippen LogP contribution in [-0.2, 0) is 21.2 Å². The van der Waals surface area contributed by atoms with E-state index in [1.54, 1.807) is 6.07 Å². The quantitative estimate of drug-likeness (QED) is 0.299. The van der Waals surface area contributed by atoms with Crippen molar-refractivity contribution in [2.45, 2.75) is 29.8 Å². The molecule has 0 unspecified atom stereocenters. The van der Waals surface area contributed by atoms with Gasteiger partial charge in [0.2, 0.25) is 21.8 Å². The third-order valence-electron chi connectivity index (χ3n) is 5.34. The molecule has 0 aliphatic rings. The van der Waals surface area contributed by atoms with Crippen LogP contribution < -0.4 is 10.5 Å². The Morgan fingerprint density at radius 1 is 1.14 bits per heavy atom. The van der Waals surface area contributed by atoms with E-state index in [1.165, 1.54) is 16.7 Å². The van der Waals surface area contributed by atoms with E-state index in [2.05, 4.69) is 15.5 Å². The summed E-state index contributed by atoms with van der Waals surface area (Å²) in [6, 6.07) is 14.7. The maximum atomic E-state index is 13.8. The summed E-state index contributed by atoms with van der Waals surface area (Å²) in [6.07, 6.45) is -2.12. The number of amides is 1. The molecule has 0 spiro atoms. The first-order valence-electron chi connectivity index (χ1n) is 10.6. The minimum Gasteiger partial charge on any atom is -0.324 e. The number of rotatable bonds is 8. The lowest BCUT2D eigenvalue weighted by molar-refractivity contribution is -0.113. The van der Waals surface area contributed by atoms with Crippen molar-refractivity contribution in [1.82, 2.24) is 14.8 Å². The molecule has 0 aliphatic carbocycles. The van der Waals surface area contributed by atoms with Gasteiger partial charge in [-0.05, 0) is 41.6 Å². The van der Waals surface area contributed by atoms with Crippen LogP contribution in [0.15, 0.2) is 64.6 Å². The number of hydrogen-bond donors (Lipinski definition) is 2. The Labute approximate surface area is 214 Å². The number of hydrogen-bond acceptors (Lipinski definition) is 6. The molecular weight excluding hydrogens is 532 g/mol. The summed E-state index contributed by atoms with van der Waals surface area (Å²) in [5.74, 6) is -1.24. The van der Waals surface area contributed by atoms with Gasteiger partial charge >= 0.3 is 0 Å². The fourth-order valence-corrected chi connectivity index (χ4v) is 5.27. The number of alkyl halides is 2. The molecule has 8 nitrogen and oxygen atoms in total. The number of benzene rings is 3. The highest BCUT2D eigenvalue weighted by atomic mass is 35.5. The average Bonchev–Trinajstić information content (AvgIpc) is 3.26. The van der Waals surface area contributed by atoms with Crippen molar-refractivity contribution < 1.29 is 22.0 Å². The van der Waals surface area contributed by atoms with Gasteiger partial charge in [-0.3, -0.25) is 9.36 Å². The lowest BCUT2D eigenvalue weighted by Crippen LogP contribution is -2.16. The maximum Gasteiger partial charge on any atom is 0.297 e. The number of aryl methyl sites for hydroxylation is 1. The number of nitrogens with two attached hydrogens (primary N) is 1. The van der Waals surface area contributed by atoms with E-state index in [1.807, 2.05) is 37.3 Å². The molecule has 0 fully saturated rings. The molecule has 0 atom stereocenters. The number of primary sulfonamides is 1. The smallest absolute Gasteiger partial charge is 0.297 e. The lowest BCUT2D eigenvalue weighted by Gasteiger charge is -2.15. The number of anilines is 1. The van der Waals surface area contributed by atoms with E-state index >= 15 is 0 Å². The number of sulfonamides is 1. The van der Waals surface area contributed by atoms with Gasteiger partial charge in [0.25, 0.3) is 6.43 Å². The second-order valence-electron chi connectivity index (χ2n) is 7.64. The minimum absolute atomic E-state index is 0.0227. The van der Waals surface area contributed by atoms with E-state index < -0.39 is 28.2 Å². The van der Waals surface area contributed by atoms with Gasteiger partial charge in [0.1, 0.15) is 0 Å². The second-order valence-corrected chi connectivity index (χ2v) is 10.6. The third-order valence-corrected chi connectivity index (χ3v) is 7.49. The minimum atomic E-state index is -3.95. The summed E-state index contributed by atoms with van der Waals surface area (Å²) in [5, 5.41) is 17.0. The van der Waals surface area contributed by atoms with Crippen molar-refractivity contribution in [3.63, 3.8) is 0 Å². The summed E-state index contributed by atoms with van der Waals surface area (Å²) < 4.78 is 51.9. The Morgan fingerprint density at radius 2 is 1.86 bits per heavy atom. The van der Waals surface area contributed by atoms with Crippen LogP contribution in [-0.4, -0.2) is 34.8 Å². The van der Waals surface area contributed by atoms with Crippen LogP contribution in [0.25, 0.3) is 16.5 Å². The molecule has 0 bridgehead atoms. The molecule has 0 radical (unpaired) electrons. The summed E-state index contributed by atoms with van der Waals surface area (Å²) in [6.45, 7) is 2.01. The number of nitrogens with one attached hydrogen (secondary N) is 1. The van der Waals surface area contributed by atoms with Crippen LogP contribution in [0.3, 0.4) is 0 Å². The molecule has 3 aromatic carbocycles. The summed E-state index contributed by atoms with van der Waals surface area (Å²) >= 11 is 6.99. The molecule has 0 saturated heterocycles. The van der Waals surface area contributed by atoms with Gasteiger partial charge in [0.05, 0.1) is 27.0 Å². The van der Waals surface area contributed by atoms with Gasteiger partial charge in [-0.2, -0.15) is 0 Å². The van der Waals surface area contributed by atoms with Crippen LogP contribution >= 0.6 is 23.4 Å². The predicted molar refractivity (Wildman–Crippen MR) is 135 cm³/mol. The molecule has 0 saturated carbocycles. The first-order valence-corrected chi connectivity index (χ1v) is 13.5. The van der Waals surface area contributed by atoms with E-state index in [9.17, 15) is 22.0 Å². The molecule has 4 rings (SSSR count). The highest BCUT2D eigenvalue weighted by molar-refractivity contribution is 7.99. The molecule has 13 heteroatoms. The number of halogens is 3. The fourth-order valence-electron chi connectivity index (χ4n) is 3.68. The van der Waals surface area contributed by atoms with Crippen molar-refractivity contribution in [3.05, 3.63) is 71.0 Å². The topological polar surface area (TPSA) is 120 Å². The molecule has 0 aliphatic heterocycles.